The minimum Gasteiger partial charge on any atom is -0.490 e. The van der Waals surface area contributed by atoms with Crippen LogP contribution in [0.1, 0.15) is 56.2 Å². The molecule has 4 heteroatoms. The van der Waals surface area contributed by atoms with Crippen LogP contribution in [0.4, 0.5) is 5.69 Å². The fourth-order valence-electron chi connectivity index (χ4n) is 3.80. The number of nitrogens with zero attached hydrogens (tertiary/aromatic N) is 1. The largest absolute Gasteiger partial charge is 0.490 e. The normalized spacial score (nSPS) is 15.4. The minimum atomic E-state index is -0.492. The average Bonchev–Trinajstić information content (AvgIpc) is 3.14. The fraction of sp³-hybridized carbons (Fsp3) is 0.391. The molecule has 2 aromatic carbocycles. The van der Waals surface area contributed by atoms with Crippen LogP contribution in [0.3, 0.4) is 0 Å². The van der Waals surface area contributed by atoms with Gasteiger partial charge >= 0.3 is 0 Å². The third-order valence-corrected chi connectivity index (χ3v) is 5.22. The number of carbonyl (C=O) groups excluding carboxylic acids is 1. The van der Waals surface area contributed by atoms with Crippen molar-refractivity contribution in [3.63, 3.8) is 0 Å². The predicted octanol–water partition coefficient (Wildman–Crippen LogP) is 5.10. The third kappa shape index (κ3) is 3.98. The monoisotopic (exact) mass is 362 g/mol. The maximum atomic E-state index is 13.3. The second-order valence-electron chi connectivity index (χ2n) is 7.60. The molecule has 0 aromatic heterocycles. The van der Waals surface area contributed by atoms with Crippen LogP contribution in [0, 0.1) is 18.3 Å². The number of nitrogens with one attached hydrogen (secondary N) is 1. The molecule has 0 bridgehead atoms. The van der Waals surface area contributed by atoms with E-state index in [0.29, 0.717) is 17.0 Å². The van der Waals surface area contributed by atoms with E-state index in [4.69, 9.17) is 4.74 Å². The second kappa shape index (κ2) is 7.84. The fourth-order valence-corrected chi connectivity index (χ4v) is 3.80. The molecule has 0 atom stereocenters. The lowest BCUT2D eigenvalue weighted by Crippen LogP contribution is -2.38. The van der Waals surface area contributed by atoms with E-state index in [1.807, 2.05) is 13.8 Å². The Bertz CT molecular complexity index is 857. The van der Waals surface area contributed by atoms with Crippen molar-refractivity contribution in [1.82, 2.24) is 0 Å². The molecule has 27 heavy (non-hydrogen) atoms. The highest BCUT2D eigenvalue weighted by molar-refractivity contribution is 5.99. The summed E-state index contributed by atoms with van der Waals surface area (Å²) in [6.07, 6.45) is 3.78. The van der Waals surface area contributed by atoms with Crippen LogP contribution in [0.2, 0.25) is 0 Å². The summed E-state index contributed by atoms with van der Waals surface area (Å²) in [5, 5.41) is 12.5. The van der Waals surface area contributed by atoms with Gasteiger partial charge in [0.15, 0.2) is 0 Å². The van der Waals surface area contributed by atoms with Crippen LogP contribution in [0.15, 0.2) is 42.5 Å². The van der Waals surface area contributed by atoms with E-state index in [-0.39, 0.29) is 12.0 Å². The number of ether oxygens (including phenoxy) is 1. The number of carbonyl (C=O) groups is 1. The van der Waals surface area contributed by atoms with Crippen LogP contribution in [0.5, 0.6) is 5.75 Å². The topological polar surface area (TPSA) is 62.1 Å². The first-order valence-corrected chi connectivity index (χ1v) is 9.54. The van der Waals surface area contributed by atoms with Crippen LogP contribution >= 0.6 is 0 Å². The van der Waals surface area contributed by atoms with E-state index < -0.39 is 5.41 Å². The SMILES string of the molecule is Cc1ccc(C2(C(=O)Nc3ccc(OC(C)C)c(C#N)c3)CCCC2)cc1. The van der Waals surface area contributed by atoms with Gasteiger partial charge in [-0.15, -0.1) is 0 Å². The summed E-state index contributed by atoms with van der Waals surface area (Å²) in [5.74, 6) is 0.546. The Kier molecular flexibility index (Phi) is 5.51. The molecular formula is C23H26N2O2. The molecule has 140 valence electrons. The summed E-state index contributed by atoms with van der Waals surface area (Å²) in [6, 6.07) is 15.7. The lowest BCUT2D eigenvalue weighted by atomic mass is 9.77. The molecule has 0 saturated heterocycles. The van der Waals surface area contributed by atoms with Gasteiger partial charge in [-0.05, 0) is 57.4 Å². The van der Waals surface area contributed by atoms with Crippen molar-refractivity contribution in [2.24, 2.45) is 0 Å². The van der Waals surface area contributed by atoms with Gasteiger partial charge in [0.05, 0.1) is 17.1 Å². The number of hydrogen-bond donors (Lipinski definition) is 1. The molecule has 0 aliphatic heterocycles. The van der Waals surface area contributed by atoms with Crippen molar-refractivity contribution in [2.45, 2.75) is 58.0 Å². The van der Waals surface area contributed by atoms with Gasteiger partial charge in [0.25, 0.3) is 0 Å². The Labute approximate surface area is 161 Å². The van der Waals surface area contributed by atoms with Gasteiger partial charge < -0.3 is 10.1 Å². The summed E-state index contributed by atoms with van der Waals surface area (Å²) in [6.45, 7) is 5.89. The summed E-state index contributed by atoms with van der Waals surface area (Å²) >= 11 is 0. The minimum absolute atomic E-state index is 0.00488. The molecule has 3 rings (SSSR count). The third-order valence-electron chi connectivity index (χ3n) is 5.22. The Morgan fingerprint density at radius 1 is 1.15 bits per heavy atom. The summed E-state index contributed by atoms with van der Waals surface area (Å²) < 4.78 is 5.66. The van der Waals surface area contributed by atoms with Crippen LogP contribution in [-0.4, -0.2) is 12.0 Å². The van der Waals surface area contributed by atoms with Gasteiger partial charge in [-0.3, -0.25) is 4.79 Å². The van der Waals surface area contributed by atoms with Gasteiger partial charge in [0, 0.05) is 5.69 Å². The molecular weight excluding hydrogens is 336 g/mol. The lowest BCUT2D eigenvalue weighted by Gasteiger charge is -2.28. The number of hydrogen-bond acceptors (Lipinski definition) is 3. The molecule has 2 aromatic rings. The predicted molar refractivity (Wildman–Crippen MR) is 107 cm³/mol. The Morgan fingerprint density at radius 3 is 2.41 bits per heavy atom. The zero-order valence-electron chi connectivity index (χ0n) is 16.2. The zero-order valence-corrected chi connectivity index (χ0v) is 16.2. The maximum absolute atomic E-state index is 13.3. The van der Waals surface area contributed by atoms with Crippen molar-refractivity contribution in [3.05, 3.63) is 59.2 Å². The number of aryl methyl sites for hydroxylation is 1. The van der Waals surface area contributed by atoms with Crippen molar-refractivity contribution < 1.29 is 9.53 Å². The molecule has 0 unspecified atom stereocenters. The molecule has 1 saturated carbocycles. The zero-order chi connectivity index (χ0) is 19.4. The molecule has 1 N–H and O–H groups in total. The van der Waals surface area contributed by atoms with E-state index >= 15 is 0 Å². The molecule has 1 aliphatic rings. The first-order chi connectivity index (χ1) is 12.9. The number of amides is 1. The molecule has 0 radical (unpaired) electrons. The van der Waals surface area contributed by atoms with E-state index in [1.54, 1.807) is 18.2 Å². The van der Waals surface area contributed by atoms with E-state index in [9.17, 15) is 10.1 Å². The molecule has 4 nitrogen and oxygen atoms in total. The molecule has 0 spiro atoms. The highest BCUT2D eigenvalue weighted by Crippen LogP contribution is 2.42. The van der Waals surface area contributed by atoms with E-state index in [1.165, 1.54) is 5.56 Å². The van der Waals surface area contributed by atoms with Crippen molar-refractivity contribution in [2.75, 3.05) is 5.32 Å². The molecule has 1 aliphatic carbocycles. The van der Waals surface area contributed by atoms with Gasteiger partial charge in [0.2, 0.25) is 5.91 Å². The number of anilines is 1. The second-order valence-corrected chi connectivity index (χ2v) is 7.60. The average molecular weight is 362 g/mol. The van der Waals surface area contributed by atoms with Crippen LogP contribution < -0.4 is 10.1 Å². The van der Waals surface area contributed by atoms with E-state index in [0.717, 1.165) is 31.2 Å². The van der Waals surface area contributed by atoms with Crippen LogP contribution in [0.25, 0.3) is 0 Å². The smallest absolute Gasteiger partial charge is 0.235 e. The number of nitriles is 1. The highest BCUT2D eigenvalue weighted by Gasteiger charge is 2.42. The highest BCUT2D eigenvalue weighted by atomic mass is 16.5. The maximum Gasteiger partial charge on any atom is 0.235 e. The van der Waals surface area contributed by atoms with Gasteiger partial charge in [-0.2, -0.15) is 5.26 Å². The quantitative estimate of drug-likeness (QED) is 0.804. The van der Waals surface area contributed by atoms with Crippen molar-refractivity contribution in [3.8, 4) is 11.8 Å². The Hall–Kier alpha value is -2.80. The first kappa shape index (κ1) is 19.0. The molecule has 0 heterocycles. The number of rotatable bonds is 5. The summed E-state index contributed by atoms with van der Waals surface area (Å²) in [5.41, 5.74) is 2.83. The van der Waals surface area contributed by atoms with Gasteiger partial charge in [-0.25, -0.2) is 0 Å². The van der Waals surface area contributed by atoms with Crippen LogP contribution in [-0.2, 0) is 10.2 Å². The molecule has 1 amide bonds. The summed E-state index contributed by atoms with van der Waals surface area (Å²) in [4.78, 5) is 13.3. The Morgan fingerprint density at radius 2 is 1.81 bits per heavy atom. The van der Waals surface area contributed by atoms with Gasteiger partial charge in [0.1, 0.15) is 11.8 Å². The standard InChI is InChI=1S/C23H26N2O2/c1-16(2)27-21-11-10-20(14-18(21)15-24)25-22(26)23(12-4-5-13-23)19-8-6-17(3)7-9-19/h6-11,14,16H,4-5,12-13H2,1-3H3,(H,25,26). The lowest BCUT2D eigenvalue weighted by molar-refractivity contribution is -0.121. The first-order valence-electron chi connectivity index (χ1n) is 9.54. The van der Waals surface area contributed by atoms with Gasteiger partial charge in [-0.1, -0.05) is 42.7 Å². The molecule has 1 fully saturated rings. The van der Waals surface area contributed by atoms with Crippen molar-refractivity contribution >= 4 is 11.6 Å². The Balaban J connectivity index is 1.86. The van der Waals surface area contributed by atoms with Crippen molar-refractivity contribution in [1.29, 1.82) is 5.26 Å². The summed E-state index contributed by atoms with van der Waals surface area (Å²) in [7, 11) is 0. The van der Waals surface area contributed by atoms with E-state index in [2.05, 4.69) is 42.6 Å². The number of benzene rings is 2.